The molecule has 1 heterocycles. The van der Waals surface area contributed by atoms with Gasteiger partial charge in [-0.1, -0.05) is 0 Å². The number of hydrogen-bond donors (Lipinski definition) is 0. The molecular weight excluding hydrogens is 342 g/mol. The van der Waals surface area contributed by atoms with Crippen molar-refractivity contribution in [1.82, 2.24) is 9.78 Å². The third-order valence-electron chi connectivity index (χ3n) is 3.05. The minimum atomic E-state index is -0.549. The van der Waals surface area contributed by atoms with Crippen LogP contribution in [-0.2, 0) is 6.54 Å². The monoisotopic (exact) mass is 353 g/mol. The van der Waals surface area contributed by atoms with E-state index in [4.69, 9.17) is 4.74 Å². The number of methoxy groups -OCH3 is 1. The Morgan fingerprint density at radius 1 is 1.52 bits per heavy atom. The maximum Gasteiger partial charge on any atom is 0.404 e. The molecule has 0 fully saturated rings. The van der Waals surface area contributed by atoms with Gasteiger partial charge in [0.25, 0.3) is 0 Å². The molecular formula is C13H12BrN3O4. The molecule has 0 bridgehead atoms. The van der Waals surface area contributed by atoms with Crippen LogP contribution in [0.4, 0.5) is 5.82 Å². The molecule has 0 aliphatic carbocycles. The normalized spacial score (nSPS) is 10.4. The summed E-state index contributed by atoms with van der Waals surface area (Å²) in [7, 11) is 1.52. The standard InChI is InChI=1S/C13H12BrN3O4/c1-8-12(14)13(17(19)20)15-16(8)6-10-5-9(7-18)3-4-11(10)21-2/h3-5,7H,6H2,1-2H3. The topological polar surface area (TPSA) is 87.3 Å². The van der Waals surface area contributed by atoms with Gasteiger partial charge in [-0.05, 0) is 46.0 Å². The van der Waals surface area contributed by atoms with Crippen molar-refractivity contribution in [3.05, 3.63) is 49.6 Å². The fourth-order valence-electron chi connectivity index (χ4n) is 1.94. The van der Waals surface area contributed by atoms with E-state index in [2.05, 4.69) is 21.0 Å². The van der Waals surface area contributed by atoms with E-state index >= 15 is 0 Å². The number of aromatic nitrogens is 2. The lowest BCUT2D eigenvalue weighted by molar-refractivity contribution is -0.390. The second-order valence-corrected chi connectivity index (χ2v) is 5.12. The first-order chi connectivity index (χ1) is 9.97. The van der Waals surface area contributed by atoms with Gasteiger partial charge in [-0.25, -0.2) is 0 Å². The minimum absolute atomic E-state index is 0.238. The van der Waals surface area contributed by atoms with Crippen molar-refractivity contribution >= 4 is 28.0 Å². The first kappa shape index (κ1) is 15.2. The van der Waals surface area contributed by atoms with Crippen LogP contribution in [-0.4, -0.2) is 28.1 Å². The summed E-state index contributed by atoms with van der Waals surface area (Å²) in [5, 5.41) is 14.9. The van der Waals surface area contributed by atoms with Gasteiger partial charge in [-0.3, -0.25) is 4.79 Å². The molecule has 1 aromatic carbocycles. The summed E-state index contributed by atoms with van der Waals surface area (Å²) < 4.78 is 7.08. The minimum Gasteiger partial charge on any atom is -0.496 e. The molecule has 2 rings (SSSR count). The van der Waals surface area contributed by atoms with Crippen molar-refractivity contribution in [3.8, 4) is 5.75 Å². The van der Waals surface area contributed by atoms with E-state index in [0.29, 0.717) is 21.5 Å². The molecule has 0 N–H and O–H groups in total. The molecule has 7 nitrogen and oxygen atoms in total. The second kappa shape index (κ2) is 6.04. The fourth-order valence-corrected chi connectivity index (χ4v) is 2.36. The smallest absolute Gasteiger partial charge is 0.404 e. The molecule has 0 saturated carbocycles. The van der Waals surface area contributed by atoms with E-state index in [0.717, 1.165) is 11.8 Å². The molecule has 0 aliphatic heterocycles. The molecule has 21 heavy (non-hydrogen) atoms. The van der Waals surface area contributed by atoms with Crippen LogP contribution in [0.15, 0.2) is 22.7 Å². The van der Waals surface area contributed by atoms with Gasteiger partial charge in [0.15, 0.2) is 0 Å². The fraction of sp³-hybridized carbons (Fsp3) is 0.231. The Morgan fingerprint density at radius 2 is 2.24 bits per heavy atom. The lowest BCUT2D eigenvalue weighted by Crippen LogP contribution is -2.06. The maximum atomic E-state index is 10.9. The molecule has 0 spiro atoms. The van der Waals surface area contributed by atoms with Crippen LogP contribution in [0, 0.1) is 17.0 Å². The Hall–Kier alpha value is -2.22. The van der Waals surface area contributed by atoms with Crippen LogP contribution in [0.5, 0.6) is 5.75 Å². The Labute approximate surface area is 128 Å². The number of carbonyl (C=O) groups is 1. The Kier molecular flexibility index (Phi) is 4.37. The van der Waals surface area contributed by atoms with Crippen molar-refractivity contribution in [1.29, 1.82) is 0 Å². The number of rotatable bonds is 5. The number of hydrogen-bond acceptors (Lipinski definition) is 5. The van der Waals surface area contributed by atoms with Crippen LogP contribution >= 0.6 is 15.9 Å². The molecule has 0 saturated heterocycles. The van der Waals surface area contributed by atoms with Crippen molar-refractivity contribution in [3.63, 3.8) is 0 Å². The number of carbonyl (C=O) groups excluding carboxylic acids is 1. The molecule has 0 unspecified atom stereocenters. The SMILES string of the molecule is COc1ccc(C=O)cc1Cn1nc([N+](=O)[O-])c(Br)c1C. The zero-order chi connectivity index (χ0) is 15.6. The molecule has 0 radical (unpaired) electrons. The average Bonchev–Trinajstić information content (AvgIpc) is 2.75. The van der Waals surface area contributed by atoms with Crippen LogP contribution < -0.4 is 4.74 Å². The lowest BCUT2D eigenvalue weighted by atomic mass is 10.1. The predicted octanol–water partition coefficient (Wildman–Crippen LogP) is 2.73. The average molecular weight is 354 g/mol. The first-order valence-electron chi connectivity index (χ1n) is 5.97. The highest BCUT2D eigenvalue weighted by Crippen LogP contribution is 2.28. The van der Waals surface area contributed by atoms with Gasteiger partial charge >= 0.3 is 5.82 Å². The van der Waals surface area contributed by atoms with Crippen LogP contribution in [0.25, 0.3) is 0 Å². The lowest BCUT2D eigenvalue weighted by Gasteiger charge is -2.08. The zero-order valence-corrected chi connectivity index (χ0v) is 13.0. The van der Waals surface area contributed by atoms with Crippen LogP contribution in [0.2, 0.25) is 0 Å². The summed E-state index contributed by atoms with van der Waals surface area (Å²) in [4.78, 5) is 21.2. The quantitative estimate of drug-likeness (QED) is 0.468. The molecule has 110 valence electrons. The highest BCUT2D eigenvalue weighted by molar-refractivity contribution is 9.10. The van der Waals surface area contributed by atoms with Gasteiger partial charge in [0, 0.05) is 11.1 Å². The van der Waals surface area contributed by atoms with E-state index < -0.39 is 4.92 Å². The summed E-state index contributed by atoms with van der Waals surface area (Å²) in [5.74, 6) is 0.354. The van der Waals surface area contributed by atoms with Crippen LogP contribution in [0.3, 0.4) is 0 Å². The van der Waals surface area contributed by atoms with Crippen molar-refractivity contribution < 1.29 is 14.5 Å². The van der Waals surface area contributed by atoms with E-state index in [1.54, 1.807) is 25.1 Å². The molecule has 0 aliphatic rings. The molecule has 8 heteroatoms. The van der Waals surface area contributed by atoms with E-state index in [1.807, 2.05) is 0 Å². The number of ether oxygens (including phenoxy) is 1. The van der Waals surface area contributed by atoms with Gasteiger partial charge in [0.05, 0.1) is 24.4 Å². The van der Waals surface area contributed by atoms with Gasteiger partial charge in [0.1, 0.15) is 16.5 Å². The van der Waals surface area contributed by atoms with Gasteiger partial charge < -0.3 is 14.9 Å². The first-order valence-corrected chi connectivity index (χ1v) is 6.76. The predicted molar refractivity (Wildman–Crippen MR) is 78.8 cm³/mol. The van der Waals surface area contributed by atoms with Crippen molar-refractivity contribution in [2.75, 3.05) is 7.11 Å². The van der Waals surface area contributed by atoms with Crippen molar-refractivity contribution in [2.24, 2.45) is 0 Å². The third-order valence-corrected chi connectivity index (χ3v) is 3.98. The van der Waals surface area contributed by atoms with Gasteiger partial charge in [0.2, 0.25) is 0 Å². The zero-order valence-electron chi connectivity index (χ0n) is 11.4. The number of aldehydes is 1. The third kappa shape index (κ3) is 2.94. The molecule has 2 aromatic rings. The highest BCUT2D eigenvalue weighted by atomic mass is 79.9. The summed E-state index contributed by atoms with van der Waals surface area (Å²) >= 11 is 3.17. The summed E-state index contributed by atoms with van der Waals surface area (Å²) in [6.45, 7) is 1.99. The number of halogens is 1. The number of nitrogens with zero attached hydrogens (tertiary/aromatic N) is 3. The Morgan fingerprint density at radius 3 is 2.76 bits per heavy atom. The highest BCUT2D eigenvalue weighted by Gasteiger charge is 2.24. The Bertz CT molecular complexity index is 712. The number of benzene rings is 1. The largest absolute Gasteiger partial charge is 0.496 e. The molecule has 1 aromatic heterocycles. The van der Waals surface area contributed by atoms with Gasteiger partial charge in [-0.15, -0.1) is 0 Å². The summed E-state index contributed by atoms with van der Waals surface area (Å²) in [5.41, 5.74) is 1.85. The van der Waals surface area contributed by atoms with E-state index in [9.17, 15) is 14.9 Å². The number of nitro groups is 1. The molecule has 0 atom stereocenters. The van der Waals surface area contributed by atoms with Crippen LogP contribution in [0.1, 0.15) is 21.6 Å². The second-order valence-electron chi connectivity index (χ2n) is 4.33. The van der Waals surface area contributed by atoms with E-state index in [1.165, 1.54) is 11.8 Å². The molecule has 0 amide bonds. The van der Waals surface area contributed by atoms with Crippen molar-refractivity contribution in [2.45, 2.75) is 13.5 Å². The van der Waals surface area contributed by atoms with E-state index in [-0.39, 0.29) is 12.4 Å². The maximum absolute atomic E-state index is 10.9. The Balaban J connectivity index is 2.44. The summed E-state index contributed by atoms with van der Waals surface area (Å²) in [6, 6.07) is 5.00. The summed E-state index contributed by atoms with van der Waals surface area (Å²) in [6.07, 6.45) is 0.733. The van der Waals surface area contributed by atoms with Gasteiger partial charge in [-0.2, -0.15) is 4.68 Å².